The highest BCUT2D eigenvalue weighted by Crippen LogP contribution is 2.26. The Labute approximate surface area is 107 Å². The number of nitro benzene ring substituents is 1. The van der Waals surface area contributed by atoms with Crippen LogP contribution in [0.4, 0.5) is 15.9 Å². The first kappa shape index (κ1) is 12.7. The maximum atomic E-state index is 13.4. The maximum absolute atomic E-state index is 13.4. The number of nitrogens with one attached hydrogen (secondary N) is 1. The number of nitrogens with zero attached hydrogens (tertiary/aromatic N) is 3. The van der Waals surface area contributed by atoms with Gasteiger partial charge in [0.05, 0.1) is 4.92 Å². The van der Waals surface area contributed by atoms with Gasteiger partial charge in [0.1, 0.15) is 17.9 Å². The summed E-state index contributed by atoms with van der Waals surface area (Å²) in [6.07, 6.45) is 1.28. The van der Waals surface area contributed by atoms with Gasteiger partial charge in [-0.15, -0.1) is 0 Å². The fourth-order valence-corrected chi connectivity index (χ4v) is 1.35. The number of rotatable bonds is 4. The third-order valence-corrected chi connectivity index (χ3v) is 2.24. The van der Waals surface area contributed by atoms with Crippen LogP contribution in [0.5, 0.6) is 11.6 Å². The number of benzene rings is 1. The lowest BCUT2D eigenvalue weighted by molar-refractivity contribution is -0.387. The third kappa shape index (κ3) is 2.92. The summed E-state index contributed by atoms with van der Waals surface area (Å²) in [4.78, 5) is 17.4. The summed E-state index contributed by atoms with van der Waals surface area (Å²) in [5.41, 5.74) is -0.606. The zero-order chi connectivity index (χ0) is 13.8. The molecule has 98 valence electrons. The second-order valence-corrected chi connectivity index (χ2v) is 3.46. The van der Waals surface area contributed by atoms with Crippen LogP contribution in [0.2, 0.25) is 0 Å². The highest BCUT2D eigenvalue weighted by Gasteiger charge is 2.14. The van der Waals surface area contributed by atoms with Crippen LogP contribution in [-0.4, -0.2) is 21.9 Å². The smallest absolute Gasteiger partial charge is 0.305 e. The number of halogens is 1. The fourth-order valence-electron chi connectivity index (χ4n) is 1.35. The van der Waals surface area contributed by atoms with Gasteiger partial charge in [-0.1, -0.05) is 0 Å². The summed E-state index contributed by atoms with van der Waals surface area (Å²) in [5.74, 6) is -0.116. The molecule has 0 aliphatic carbocycles. The van der Waals surface area contributed by atoms with Crippen molar-refractivity contribution < 1.29 is 14.1 Å². The molecule has 1 aromatic heterocycles. The van der Waals surface area contributed by atoms with Crippen LogP contribution in [0.1, 0.15) is 0 Å². The van der Waals surface area contributed by atoms with Crippen molar-refractivity contribution in [3.8, 4) is 11.6 Å². The number of anilines is 1. The average molecular weight is 264 g/mol. The van der Waals surface area contributed by atoms with Crippen LogP contribution in [0.3, 0.4) is 0 Å². The van der Waals surface area contributed by atoms with Crippen molar-refractivity contribution in [2.45, 2.75) is 0 Å². The lowest BCUT2D eigenvalue weighted by Gasteiger charge is -2.05. The molecule has 19 heavy (non-hydrogen) atoms. The van der Waals surface area contributed by atoms with Crippen molar-refractivity contribution >= 4 is 11.5 Å². The molecule has 1 N–H and O–H groups in total. The lowest BCUT2D eigenvalue weighted by atomic mass is 10.3. The van der Waals surface area contributed by atoms with E-state index in [1.54, 1.807) is 7.05 Å². The molecule has 7 nitrogen and oxygen atoms in total. The van der Waals surface area contributed by atoms with Crippen LogP contribution < -0.4 is 10.1 Å². The molecule has 2 rings (SSSR count). The first-order valence-corrected chi connectivity index (χ1v) is 5.21. The molecule has 1 heterocycles. The van der Waals surface area contributed by atoms with Gasteiger partial charge in [0.25, 0.3) is 0 Å². The van der Waals surface area contributed by atoms with E-state index in [0.717, 1.165) is 12.1 Å². The molecule has 0 atom stereocenters. The van der Waals surface area contributed by atoms with Gasteiger partial charge in [-0.3, -0.25) is 10.1 Å². The highest BCUT2D eigenvalue weighted by molar-refractivity contribution is 5.41. The molecule has 1 aromatic carbocycles. The van der Waals surface area contributed by atoms with Gasteiger partial charge in [-0.2, -0.15) is 4.39 Å². The quantitative estimate of drug-likeness (QED) is 0.673. The molecule has 0 aliphatic heterocycles. The fraction of sp³-hybridized carbons (Fsp3) is 0.0909. The van der Waals surface area contributed by atoms with Gasteiger partial charge in [0.15, 0.2) is 0 Å². The van der Waals surface area contributed by atoms with Crippen LogP contribution in [0, 0.1) is 15.9 Å². The molecule has 0 amide bonds. The Morgan fingerprint density at radius 1 is 1.37 bits per heavy atom. The van der Waals surface area contributed by atoms with Crippen molar-refractivity contribution in [1.29, 1.82) is 0 Å². The average Bonchev–Trinajstić information content (AvgIpc) is 2.38. The first-order chi connectivity index (χ1) is 9.10. The zero-order valence-electron chi connectivity index (χ0n) is 9.83. The minimum atomic E-state index is -0.967. The van der Waals surface area contributed by atoms with Crippen molar-refractivity contribution in [2.75, 3.05) is 12.4 Å². The SMILES string of the molecule is CNc1cc(Oc2ccc([N+](=O)[O-])c(F)c2)ncn1. The molecule has 0 spiro atoms. The Hall–Kier alpha value is -2.77. The Kier molecular flexibility index (Phi) is 3.51. The summed E-state index contributed by atoms with van der Waals surface area (Å²) >= 11 is 0. The Balaban J connectivity index is 2.23. The predicted molar refractivity (Wildman–Crippen MR) is 64.7 cm³/mol. The van der Waals surface area contributed by atoms with Gasteiger partial charge < -0.3 is 10.1 Å². The second kappa shape index (κ2) is 5.25. The van der Waals surface area contributed by atoms with E-state index in [4.69, 9.17) is 4.74 Å². The van der Waals surface area contributed by atoms with Crippen LogP contribution in [-0.2, 0) is 0 Å². The second-order valence-electron chi connectivity index (χ2n) is 3.46. The van der Waals surface area contributed by atoms with E-state index in [0.29, 0.717) is 5.82 Å². The molecular formula is C11H9FN4O3. The van der Waals surface area contributed by atoms with Crippen LogP contribution in [0.15, 0.2) is 30.6 Å². The molecule has 0 radical (unpaired) electrons. The van der Waals surface area contributed by atoms with Crippen LogP contribution >= 0.6 is 0 Å². The van der Waals surface area contributed by atoms with E-state index in [9.17, 15) is 14.5 Å². The molecular weight excluding hydrogens is 255 g/mol. The van der Waals surface area contributed by atoms with Gasteiger partial charge in [-0.05, 0) is 6.07 Å². The van der Waals surface area contributed by atoms with Gasteiger partial charge in [0.2, 0.25) is 11.7 Å². The highest BCUT2D eigenvalue weighted by atomic mass is 19.1. The van der Waals surface area contributed by atoms with E-state index in [-0.39, 0.29) is 11.6 Å². The Morgan fingerprint density at radius 2 is 2.16 bits per heavy atom. The molecule has 0 bridgehead atoms. The molecule has 0 saturated heterocycles. The van der Waals surface area contributed by atoms with Crippen molar-refractivity contribution in [2.24, 2.45) is 0 Å². The number of ether oxygens (including phenoxy) is 1. The van der Waals surface area contributed by atoms with E-state index >= 15 is 0 Å². The molecule has 0 saturated carbocycles. The number of nitro groups is 1. The van der Waals surface area contributed by atoms with E-state index in [1.165, 1.54) is 18.5 Å². The van der Waals surface area contributed by atoms with Gasteiger partial charge >= 0.3 is 5.69 Å². The monoisotopic (exact) mass is 264 g/mol. The van der Waals surface area contributed by atoms with E-state index in [1.807, 2.05) is 0 Å². The van der Waals surface area contributed by atoms with E-state index < -0.39 is 16.4 Å². The zero-order valence-corrected chi connectivity index (χ0v) is 9.83. The summed E-state index contributed by atoms with van der Waals surface area (Å²) in [6.45, 7) is 0. The summed E-state index contributed by atoms with van der Waals surface area (Å²) in [7, 11) is 1.68. The number of hydrogen-bond acceptors (Lipinski definition) is 6. The van der Waals surface area contributed by atoms with Crippen LogP contribution in [0.25, 0.3) is 0 Å². The van der Waals surface area contributed by atoms with Crippen molar-refractivity contribution in [3.05, 3.63) is 46.5 Å². The summed E-state index contributed by atoms with van der Waals surface area (Å²) in [5, 5.41) is 13.3. The van der Waals surface area contributed by atoms with E-state index in [2.05, 4.69) is 15.3 Å². The minimum absolute atomic E-state index is 0.115. The topological polar surface area (TPSA) is 90.2 Å². The Morgan fingerprint density at radius 3 is 2.79 bits per heavy atom. The van der Waals surface area contributed by atoms with Gasteiger partial charge in [0, 0.05) is 25.2 Å². The maximum Gasteiger partial charge on any atom is 0.305 e. The molecule has 8 heteroatoms. The normalized spacial score (nSPS) is 10.0. The number of aromatic nitrogens is 2. The first-order valence-electron chi connectivity index (χ1n) is 5.21. The molecule has 0 aliphatic rings. The number of hydrogen-bond donors (Lipinski definition) is 1. The largest absolute Gasteiger partial charge is 0.439 e. The third-order valence-electron chi connectivity index (χ3n) is 2.24. The minimum Gasteiger partial charge on any atom is -0.439 e. The molecule has 2 aromatic rings. The summed E-state index contributed by atoms with van der Waals surface area (Å²) < 4.78 is 18.7. The summed E-state index contributed by atoms with van der Waals surface area (Å²) in [6, 6.07) is 4.77. The lowest BCUT2D eigenvalue weighted by Crippen LogP contribution is -1.96. The standard InChI is InChI=1S/C11H9FN4O3/c1-13-10-5-11(15-6-14-10)19-7-2-3-9(16(17)18)8(12)4-7/h2-6H,1H3,(H,13,14,15). The Bertz CT molecular complexity index is 621. The van der Waals surface area contributed by atoms with Crippen molar-refractivity contribution in [1.82, 2.24) is 9.97 Å². The molecule has 0 unspecified atom stereocenters. The predicted octanol–water partition coefficient (Wildman–Crippen LogP) is 2.36. The van der Waals surface area contributed by atoms with Crippen molar-refractivity contribution in [3.63, 3.8) is 0 Å². The molecule has 0 fully saturated rings. The van der Waals surface area contributed by atoms with Gasteiger partial charge in [-0.25, -0.2) is 9.97 Å².